The first-order chi connectivity index (χ1) is 9.93. The fourth-order valence-electron chi connectivity index (χ4n) is 1.62. The summed E-state index contributed by atoms with van der Waals surface area (Å²) in [4.78, 5) is 27.2. The molecule has 6 heteroatoms. The zero-order valence-corrected chi connectivity index (χ0v) is 12.2. The normalized spacial score (nSPS) is 11.8. The second kappa shape index (κ2) is 8.04. The molecule has 0 radical (unpaired) electrons. The van der Waals surface area contributed by atoms with Crippen molar-refractivity contribution < 1.29 is 19.4 Å². The number of allylic oxidation sites excluding steroid dienone is 1. The molecule has 114 valence electrons. The Labute approximate surface area is 123 Å². The highest BCUT2D eigenvalue weighted by Gasteiger charge is 2.20. The van der Waals surface area contributed by atoms with Crippen molar-refractivity contribution in [3.8, 4) is 5.88 Å². The van der Waals surface area contributed by atoms with Crippen LogP contribution in [0.1, 0.15) is 37.2 Å². The Bertz CT molecular complexity index is 514. The van der Waals surface area contributed by atoms with E-state index in [0.717, 1.165) is 0 Å². The van der Waals surface area contributed by atoms with Crippen LogP contribution in [0.3, 0.4) is 0 Å². The fraction of sp³-hybridized carbons (Fsp3) is 0.400. The number of hydrogen-bond acceptors (Lipinski definition) is 4. The number of amides is 1. The number of pyridine rings is 1. The molecule has 0 bridgehead atoms. The number of nitrogens with zero attached hydrogens (tertiary/aromatic N) is 1. The lowest BCUT2D eigenvalue weighted by Crippen LogP contribution is -2.41. The number of carbonyl (C=O) groups is 2. The molecule has 1 aromatic heterocycles. The smallest absolute Gasteiger partial charge is 0.326 e. The molecule has 2 N–H and O–H groups in total. The molecule has 0 saturated heterocycles. The third kappa shape index (κ3) is 5.64. The minimum absolute atomic E-state index is 0.0600. The summed E-state index contributed by atoms with van der Waals surface area (Å²) in [7, 11) is 0. The SMILES string of the molecule is C=CCCC(NC(=O)c1cccc(OC(C)C)n1)C(=O)O. The molecule has 0 aliphatic rings. The van der Waals surface area contributed by atoms with Crippen LogP contribution in [0.5, 0.6) is 5.88 Å². The van der Waals surface area contributed by atoms with Gasteiger partial charge < -0.3 is 15.2 Å². The summed E-state index contributed by atoms with van der Waals surface area (Å²) in [5.41, 5.74) is 0.123. The quantitative estimate of drug-likeness (QED) is 0.716. The number of carbonyl (C=O) groups excluding carboxylic acids is 1. The van der Waals surface area contributed by atoms with Crippen molar-refractivity contribution in [3.05, 3.63) is 36.5 Å². The Morgan fingerprint density at radius 3 is 2.76 bits per heavy atom. The average Bonchev–Trinajstić information content (AvgIpc) is 2.42. The molecule has 1 atom stereocenters. The maximum atomic E-state index is 12.0. The van der Waals surface area contributed by atoms with Crippen molar-refractivity contribution in [1.82, 2.24) is 10.3 Å². The number of carboxylic acid groups (broad SMARTS) is 1. The Balaban J connectivity index is 2.77. The standard InChI is InChI=1S/C15H20N2O4/c1-4-5-7-12(15(19)20)17-14(18)11-8-6-9-13(16-11)21-10(2)3/h4,6,8-10,12H,1,5,7H2,2-3H3,(H,17,18)(H,19,20). The number of rotatable bonds is 8. The number of hydrogen-bond donors (Lipinski definition) is 2. The highest BCUT2D eigenvalue weighted by Crippen LogP contribution is 2.10. The van der Waals surface area contributed by atoms with Gasteiger partial charge in [-0.3, -0.25) is 4.79 Å². The van der Waals surface area contributed by atoms with E-state index in [-0.39, 0.29) is 18.2 Å². The number of aromatic nitrogens is 1. The Morgan fingerprint density at radius 2 is 2.19 bits per heavy atom. The predicted molar refractivity (Wildman–Crippen MR) is 78.3 cm³/mol. The number of ether oxygens (including phenoxy) is 1. The van der Waals surface area contributed by atoms with Crippen LogP contribution < -0.4 is 10.1 Å². The van der Waals surface area contributed by atoms with E-state index in [1.807, 2.05) is 13.8 Å². The van der Waals surface area contributed by atoms with Crippen LogP contribution in [-0.2, 0) is 4.79 Å². The summed E-state index contributed by atoms with van der Waals surface area (Å²) in [6, 6.07) is 3.82. The van der Waals surface area contributed by atoms with Gasteiger partial charge in [-0.15, -0.1) is 6.58 Å². The summed E-state index contributed by atoms with van der Waals surface area (Å²) in [6.07, 6.45) is 2.33. The van der Waals surface area contributed by atoms with E-state index in [9.17, 15) is 9.59 Å². The molecular weight excluding hydrogens is 272 g/mol. The minimum Gasteiger partial charge on any atom is -0.480 e. The maximum Gasteiger partial charge on any atom is 0.326 e. The maximum absolute atomic E-state index is 12.0. The first-order valence-electron chi connectivity index (χ1n) is 6.72. The Kier molecular flexibility index (Phi) is 6.39. The van der Waals surface area contributed by atoms with E-state index in [1.54, 1.807) is 18.2 Å². The van der Waals surface area contributed by atoms with Crippen molar-refractivity contribution in [3.63, 3.8) is 0 Å². The lowest BCUT2D eigenvalue weighted by Gasteiger charge is -2.14. The van der Waals surface area contributed by atoms with Crippen LogP contribution >= 0.6 is 0 Å². The van der Waals surface area contributed by atoms with Crippen LogP contribution in [-0.4, -0.2) is 34.1 Å². The third-order valence-corrected chi connectivity index (χ3v) is 2.58. The second-order valence-electron chi connectivity index (χ2n) is 4.76. The fourth-order valence-corrected chi connectivity index (χ4v) is 1.62. The molecule has 0 spiro atoms. The average molecular weight is 292 g/mol. The number of aliphatic carboxylic acids is 1. The van der Waals surface area contributed by atoms with Crippen molar-refractivity contribution in [1.29, 1.82) is 0 Å². The zero-order valence-electron chi connectivity index (χ0n) is 12.2. The van der Waals surface area contributed by atoms with E-state index in [0.29, 0.717) is 12.3 Å². The molecule has 0 aromatic carbocycles. The van der Waals surface area contributed by atoms with Gasteiger partial charge in [-0.2, -0.15) is 0 Å². The molecule has 1 heterocycles. The monoisotopic (exact) mass is 292 g/mol. The summed E-state index contributed by atoms with van der Waals surface area (Å²) < 4.78 is 5.40. The van der Waals surface area contributed by atoms with E-state index in [4.69, 9.17) is 9.84 Å². The number of nitrogens with one attached hydrogen (secondary N) is 1. The molecule has 0 aliphatic heterocycles. The van der Waals surface area contributed by atoms with Crippen molar-refractivity contribution in [2.45, 2.75) is 38.8 Å². The van der Waals surface area contributed by atoms with Gasteiger partial charge in [-0.1, -0.05) is 12.1 Å². The van der Waals surface area contributed by atoms with E-state index in [2.05, 4.69) is 16.9 Å². The third-order valence-electron chi connectivity index (χ3n) is 2.58. The summed E-state index contributed by atoms with van der Waals surface area (Å²) >= 11 is 0. The topological polar surface area (TPSA) is 88.5 Å². The first-order valence-corrected chi connectivity index (χ1v) is 6.72. The molecule has 0 fully saturated rings. The molecule has 6 nitrogen and oxygen atoms in total. The molecule has 1 unspecified atom stereocenters. The van der Waals surface area contributed by atoms with Crippen LogP contribution in [0.2, 0.25) is 0 Å². The molecule has 1 rings (SSSR count). The van der Waals surface area contributed by atoms with Gasteiger partial charge in [0.2, 0.25) is 5.88 Å². The van der Waals surface area contributed by atoms with E-state index >= 15 is 0 Å². The van der Waals surface area contributed by atoms with Crippen molar-refractivity contribution in [2.75, 3.05) is 0 Å². The lowest BCUT2D eigenvalue weighted by atomic mass is 10.1. The largest absolute Gasteiger partial charge is 0.480 e. The van der Waals surface area contributed by atoms with Crippen molar-refractivity contribution >= 4 is 11.9 Å². The molecule has 0 aliphatic carbocycles. The molecule has 1 amide bonds. The molecule has 1 aromatic rings. The van der Waals surface area contributed by atoms with Gasteiger partial charge in [0.05, 0.1) is 6.10 Å². The van der Waals surface area contributed by atoms with Gasteiger partial charge in [0.25, 0.3) is 5.91 Å². The Hall–Kier alpha value is -2.37. The number of carboxylic acids is 1. The zero-order chi connectivity index (χ0) is 15.8. The van der Waals surface area contributed by atoms with Gasteiger partial charge in [0.15, 0.2) is 0 Å². The summed E-state index contributed by atoms with van der Waals surface area (Å²) in [6.45, 7) is 7.24. The van der Waals surface area contributed by atoms with Gasteiger partial charge in [-0.05, 0) is 32.8 Å². The van der Waals surface area contributed by atoms with E-state index < -0.39 is 17.9 Å². The van der Waals surface area contributed by atoms with Crippen LogP contribution in [0.15, 0.2) is 30.9 Å². The predicted octanol–water partition coefficient (Wildman–Crippen LogP) is 2.02. The summed E-state index contributed by atoms with van der Waals surface area (Å²) in [5, 5.41) is 11.5. The molecule has 0 saturated carbocycles. The van der Waals surface area contributed by atoms with Gasteiger partial charge in [-0.25, -0.2) is 9.78 Å². The lowest BCUT2D eigenvalue weighted by molar-refractivity contribution is -0.139. The van der Waals surface area contributed by atoms with Gasteiger partial charge in [0, 0.05) is 6.07 Å². The first kappa shape index (κ1) is 16.7. The Morgan fingerprint density at radius 1 is 1.48 bits per heavy atom. The highest BCUT2D eigenvalue weighted by atomic mass is 16.5. The molecular formula is C15H20N2O4. The van der Waals surface area contributed by atoms with E-state index in [1.165, 1.54) is 6.07 Å². The van der Waals surface area contributed by atoms with Crippen LogP contribution in [0.25, 0.3) is 0 Å². The minimum atomic E-state index is -1.08. The highest BCUT2D eigenvalue weighted by molar-refractivity contribution is 5.95. The van der Waals surface area contributed by atoms with Crippen molar-refractivity contribution in [2.24, 2.45) is 0 Å². The van der Waals surface area contributed by atoms with Crippen LogP contribution in [0.4, 0.5) is 0 Å². The van der Waals surface area contributed by atoms with Crippen LogP contribution in [0, 0.1) is 0 Å². The summed E-state index contributed by atoms with van der Waals surface area (Å²) in [5.74, 6) is -1.30. The van der Waals surface area contributed by atoms with Gasteiger partial charge in [0.1, 0.15) is 11.7 Å². The second-order valence-corrected chi connectivity index (χ2v) is 4.76. The van der Waals surface area contributed by atoms with Gasteiger partial charge >= 0.3 is 5.97 Å². The molecule has 21 heavy (non-hydrogen) atoms.